The van der Waals surface area contributed by atoms with Crippen molar-refractivity contribution in [1.82, 2.24) is 5.32 Å². The summed E-state index contributed by atoms with van der Waals surface area (Å²) in [5, 5.41) is 3.32. The molecule has 0 unspecified atom stereocenters. The molecule has 0 spiro atoms. The summed E-state index contributed by atoms with van der Waals surface area (Å²) in [5.74, 6) is 0. The van der Waals surface area contributed by atoms with Gasteiger partial charge in [-0.15, -0.1) is 6.58 Å². The molecule has 0 saturated heterocycles. The van der Waals surface area contributed by atoms with Gasteiger partial charge in [0.1, 0.15) is 0 Å². The summed E-state index contributed by atoms with van der Waals surface area (Å²) in [6.45, 7) is 8.04. The molecule has 0 rings (SSSR count). The van der Waals surface area contributed by atoms with E-state index < -0.39 is 0 Å². The van der Waals surface area contributed by atoms with Crippen molar-refractivity contribution in [2.24, 2.45) is 0 Å². The quantitative estimate of drug-likeness (QED) is 0.404. The molecule has 13 heavy (non-hydrogen) atoms. The zero-order chi connectivity index (χ0) is 9.78. The maximum Gasteiger partial charge on any atom is 0.0132 e. The average Bonchev–Trinajstić information content (AvgIpc) is 2.16. The molecule has 0 aliphatic heterocycles. The van der Waals surface area contributed by atoms with Gasteiger partial charge in [0.25, 0.3) is 0 Å². The molecule has 0 aromatic carbocycles. The molecule has 1 heteroatoms. The highest BCUT2D eigenvalue weighted by Gasteiger charge is 1.89. The lowest BCUT2D eigenvalue weighted by Gasteiger charge is -2.01. The fraction of sp³-hybridized carbons (Fsp3) is 0.833. The molecule has 0 aliphatic carbocycles. The molecule has 1 nitrogen and oxygen atoms in total. The number of rotatable bonds is 10. The topological polar surface area (TPSA) is 12.0 Å². The van der Waals surface area contributed by atoms with Gasteiger partial charge in [-0.3, -0.25) is 0 Å². The maximum absolute atomic E-state index is 3.67. The van der Waals surface area contributed by atoms with Crippen molar-refractivity contribution in [1.29, 1.82) is 0 Å². The Balaban J connectivity index is 2.79. The lowest BCUT2D eigenvalue weighted by molar-refractivity contribution is 0.573. The lowest BCUT2D eigenvalue weighted by atomic mass is 10.1. The Hall–Kier alpha value is -0.300. The summed E-state index contributed by atoms with van der Waals surface area (Å²) in [7, 11) is 0. The largest absolute Gasteiger partial charge is 0.313 e. The van der Waals surface area contributed by atoms with Crippen LogP contribution in [0.5, 0.6) is 0 Å². The molecule has 0 heterocycles. The van der Waals surface area contributed by atoms with Crippen molar-refractivity contribution < 1.29 is 0 Å². The molecule has 0 saturated carbocycles. The van der Waals surface area contributed by atoms with Crippen molar-refractivity contribution in [3.63, 3.8) is 0 Å². The molecule has 0 atom stereocenters. The van der Waals surface area contributed by atoms with E-state index in [1.54, 1.807) is 0 Å². The Bertz CT molecular complexity index is 99.3. The highest BCUT2D eigenvalue weighted by Crippen LogP contribution is 2.05. The first-order valence-electron chi connectivity index (χ1n) is 5.73. The van der Waals surface area contributed by atoms with Crippen LogP contribution in [0.3, 0.4) is 0 Å². The van der Waals surface area contributed by atoms with E-state index in [9.17, 15) is 0 Å². The second-order valence-electron chi connectivity index (χ2n) is 3.61. The van der Waals surface area contributed by atoms with Crippen LogP contribution in [0.15, 0.2) is 12.7 Å². The Labute approximate surface area is 83.6 Å². The highest BCUT2D eigenvalue weighted by molar-refractivity contribution is 4.69. The minimum absolute atomic E-state index is 0.954. The van der Waals surface area contributed by atoms with E-state index in [1.807, 2.05) is 6.08 Å². The summed E-state index contributed by atoms with van der Waals surface area (Å²) in [4.78, 5) is 0. The van der Waals surface area contributed by atoms with Crippen LogP contribution in [0.25, 0.3) is 0 Å². The SMILES string of the molecule is C=CCNCCCCCCCCC. The first-order chi connectivity index (χ1) is 6.41. The molecular formula is C12H25N. The van der Waals surface area contributed by atoms with E-state index in [4.69, 9.17) is 0 Å². The maximum atomic E-state index is 3.67. The van der Waals surface area contributed by atoms with Crippen molar-refractivity contribution >= 4 is 0 Å². The van der Waals surface area contributed by atoms with E-state index >= 15 is 0 Å². The van der Waals surface area contributed by atoms with Crippen molar-refractivity contribution in [3.05, 3.63) is 12.7 Å². The minimum atomic E-state index is 0.954. The van der Waals surface area contributed by atoms with Gasteiger partial charge in [-0.05, 0) is 13.0 Å². The highest BCUT2D eigenvalue weighted by atomic mass is 14.8. The van der Waals surface area contributed by atoms with Crippen molar-refractivity contribution in [2.45, 2.75) is 51.9 Å². The molecule has 78 valence electrons. The Morgan fingerprint density at radius 2 is 1.62 bits per heavy atom. The first-order valence-corrected chi connectivity index (χ1v) is 5.73. The second-order valence-corrected chi connectivity index (χ2v) is 3.61. The number of nitrogens with one attached hydrogen (secondary N) is 1. The molecule has 0 aromatic rings. The van der Waals surface area contributed by atoms with Crippen LogP contribution in [0.2, 0.25) is 0 Å². The Morgan fingerprint density at radius 1 is 1.00 bits per heavy atom. The van der Waals surface area contributed by atoms with E-state index in [-0.39, 0.29) is 0 Å². The van der Waals surface area contributed by atoms with Crippen LogP contribution in [-0.4, -0.2) is 13.1 Å². The summed E-state index contributed by atoms with van der Waals surface area (Å²) in [6.07, 6.45) is 11.6. The van der Waals surface area contributed by atoms with Crippen LogP contribution < -0.4 is 5.32 Å². The normalized spacial score (nSPS) is 10.2. The van der Waals surface area contributed by atoms with Gasteiger partial charge in [0.05, 0.1) is 0 Å². The van der Waals surface area contributed by atoms with E-state index in [0.29, 0.717) is 0 Å². The predicted octanol–water partition coefficient (Wildman–Crippen LogP) is 3.51. The fourth-order valence-electron chi connectivity index (χ4n) is 1.41. The van der Waals surface area contributed by atoms with Crippen LogP contribution in [0.4, 0.5) is 0 Å². The van der Waals surface area contributed by atoms with Gasteiger partial charge in [-0.2, -0.15) is 0 Å². The van der Waals surface area contributed by atoms with Gasteiger partial charge >= 0.3 is 0 Å². The fourth-order valence-corrected chi connectivity index (χ4v) is 1.41. The van der Waals surface area contributed by atoms with Gasteiger partial charge in [-0.25, -0.2) is 0 Å². The molecule has 0 amide bonds. The number of hydrogen-bond acceptors (Lipinski definition) is 1. The molecule has 1 N–H and O–H groups in total. The van der Waals surface area contributed by atoms with Gasteiger partial charge in [0, 0.05) is 6.54 Å². The summed E-state index contributed by atoms with van der Waals surface area (Å²) < 4.78 is 0. The summed E-state index contributed by atoms with van der Waals surface area (Å²) >= 11 is 0. The third kappa shape index (κ3) is 11.7. The standard InChI is InChI=1S/C12H25N/c1-3-5-6-7-8-9-10-12-13-11-4-2/h4,13H,2-3,5-12H2,1H3. The number of hydrogen-bond donors (Lipinski definition) is 1. The van der Waals surface area contributed by atoms with E-state index in [2.05, 4.69) is 18.8 Å². The third-order valence-corrected chi connectivity index (χ3v) is 2.25. The average molecular weight is 183 g/mol. The summed E-state index contributed by atoms with van der Waals surface area (Å²) in [6, 6.07) is 0. The smallest absolute Gasteiger partial charge is 0.0132 e. The molecule has 0 fully saturated rings. The molecule has 0 aliphatic rings. The molecular weight excluding hydrogens is 158 g/mol. The zero-order valence-corrected chi connectivity index (χ0v) is 9.15. The predicted molar refractivity (Wildman–Crippen MR) is 61.1 cm³/mol. The van der Waals surface area contributed by atoms with Crippen molar-refractivity contribution in [2.75, 3.05) is 13.1 Å². The number of unbranched alkanes of at least 4 members (excludes halogenated alkanes) is 6. The van der Waals surface area contributed by atoms with Crippen LogP contribution in [0, 0.1) is 0 Å². The van der Waals surface area contributed by atoms with Gasteiger partial charge in [0.2, 0.25) is 0 Å². The minimum Gasteiger partial charge on any atom is -0.313 e. The van der Waals surface area contributed by atoms with E-state index in [1.165, 1.54) is 44.9 Å². The van der Waals surface area contributed by atoms with Crippen LogP contribution in [0.1, 0.15) is 51.9 Å². The molecule has 0 radical (unpaired) electrons. The molecule has 0 bridgehead atoms. The van der Waals surface area contributed by atoms with Gasteiger partial charge < -0.3 is 5.32 Å². The molecule has 0 aromatic heterocycles. The lowest BCUT2D eigenvalue weighted by Crippen LogP contribution is -2.14. The Kier molecular flexibility index (Phi) is 11.4. The van der Waals surface area contributed by atoms with Gasteiger partial charge in [-0.1, -0.05) is 51.5 Å². The van der Waals surface area contributed by atoms with E-state index in [0.717, 1.165) is 13.1 Å². The first kappa shape index (κ1) is 12.7. The van der Waals surface area contributed by atoms with Crippen molar-refractivity contribution in [3.8, 4) is 0 Å². The van der Waals surface area contributed by atoms with Crippen LogP contribution in [-0.2, 0) is 0 Å². The monoisotopic (exact) mass is 183 g/mol. The van der Waals surface area contributed by atoms with Crippen LogP contribution >= 0.6 is 0 Å². The zero-order valence-electron chi connectivity index (χ0n) is 9.15. The second kappa shape index (κ2) is 11.7. The Morgan fingerprint density at radius 3 is 2.23 bits per heavy atom. The third-order valence-electron chi connectivity index (χ3n) is 2.25. The summed E-state index contributed by atoms with van der Waals surface area (Å²) in [5.41, 5.74) is 0. The van der Waals surface area contributed by atoms with Gasteiger partial charge in [0.15, 0.2) is 0 Å².